The van der Waals surface area contributed by atoms with E-state index in [1.807, 2.05) is 0 Å². The number of rotatable bonds is 2. The first-order valence-corrected chi connectivity index (χ1v) is 3.84. The molecule has 0 fully saturated rings. The molecular formula is C9H7F3FmNO-. The van der Waals surface area contributed by atoms with Crippen LogP contribution in [0.15, 0.2) is 12.1 Å². The third-order valence-electron chi connectivity index (χ3n) is 1.75. The molecule has 0 aliphatic heterocycles. The number of nitrogens with zero attached hydrogens (tertiary/aromatic N) is 1. The van der Waals surface area contributed by atoms with E-state index in [2.05, 4.69) is 4.98 Å². The van der Waals surface area contributed by atoms with Crippen LogP contribution in [0.5, 0.6) is 0 Å². The summed E-state index contributed by atoms with van der Waals surface area (Å²) in [6, 6.07) is 2.11. The molecule has 88 valence electrons. The van der Waals surface area contributed by atoms with Gasteiger partial charge in [-0.05, 0) is 13.0 Å². The molecule has 0 amide bonds. The zero-order chi connectivity index (χ0) is 10.8. The molecule has 0 saturated carbocycles. The normalized spacial score (nSPS) is 10.7. The van der Waals surface area contributed by atoms with Gasteiger partial charge in [0.25, 0.3) is 0 Å². The Kier molecular flexibility index (Phi) is 3.54. The smallest absolute Gasteiger partial charge is 0.433 e. The topological polar surface area (TPSA) is 30.0 Å². The average molecular weight is 459 g/mol. The summed E-state index contributed by atoms with van der Waals surface area (Å²) in [7, 11) is 0. The molecule has 0 spiro atoms. The molecule has 1 aromatic heterocycles. The summed E-state index contributed by atoms with van der Waals surface area (Å²) in [5.74, 6) is 0. The van der Waals surface area contributed by atoms with Crippen molar-refractivity contribution in [3.63, 3.8) is 0 Å². The summed E-state index contributed by atoms with van der Waals surface area (Å²) < 4.78 is 36.4. The molecule has 0 unspecified atom stereocenters. The molecule has 1 heterocycles. The average Bonchev–Trinajstić information content (AvgIpc) is 2.07. The van der Waals surface area contributed by atoms with E-state index in [9.17, 15) is 18.0 Å². The molecule has 2 nitrogen and oxygen atoms in total. The monoisotopic (exact) mass is 459 g/mol. The standard InChI is InChI=1S/C9H7F3NO.Fm/c1-6-7(4-5-14)2-3-8(13-6)9(10,11)12;/h2-3H,4H2,1H3;/q-1;. The zero-order valence-corrected chi connectivity index (χ0v) is 10.0. The minimum absolute atomic E-state index is 0. The van der Waals surface area contributed by atoms with Crippen LogP contribution >= 0.6 is 0 Å². The van der Waals surface area contributed by atoms with Crippen molar-refractivity contribution in [3.05, 3.63) is 29.1 Å². The van der Waals surface area contributed by atoms with E-state index in [0.717, 1.165) is 6.07 Å². The molecule has 6 heteroatoms. The minimum atomic E-state index is -4.44. The van der Waals surface area contributed by atoms with Crippen molar-refractivity contribution in [2.45, 2.75) is 19.5 Å². The Hall–Kier alpha value is -2.39. The van der Waals surface area contributed by atoms with Crippen molar-refractivity contribution in [2.24, 2.45) is 0 Å². The van der Waals surface area contributed by atoms with E-state index >= 15 is 0 Å². The fourth-order valence-corrected chi connectivity index (χ4v) is 1.01. The van der Waals surface area contributed by atoms with Gasteiger partial charge in [0.1, 0.15) is 5.69 Å². The summed E-state index contributed by atoms with van der Waals surface area (Å²) in [5, 5.41) is 0. The van der Waals surface area contributed by atoms with Crippen LogP contribution in [0.2, 0.25) is 0 Å². The Morgan fingerprint density at radius 2 is 2.00 bits per heavy atom. The van der Waals surface area contributed by atoms with Crippen LogP contribution in [-0.4, -0.2) is 11.3 Å². The number of pyridine rings is 1. The van der Waals surface area contributed by atoms with Gasteiger partial charge in [0.15, 0.2) is 0 Å². The van der Waals surface area contributed by atoms with E-state index in [0.29, 0.717) is 5.56 Å². The molecule has 0 N–H and O–H groups in total. The summed E-state index contributed by atoms with van der Waals surface area (Å²) in [5.41, 5.74) is -0.263. The van der Waals surface area contributed by atoms with Gasteiger partial charge in [0.05, 0.1) is 0 Å². The van der Waals surface area contributed by atoms with E-state index in [-0.39, 0.29) is 12.1 Å². The van der Waals surface area contributed by atoms with E-state index in [4.69, 9.17) is 0 Å². The van der Waals surface area contributed by atoms with Gasteiger partial charge in [-0.1, -0.05) is 11.6 Å². The number of aryl methyl sites for hydroxylation is 1. The third-order valence-corrected chi connectivity index (χ3v) is 1.75. The molecule has 0 atom stereocenters. The Labute approximate surface area is 78.8 Å². The Balaban J connectivity index is 0.00000196. The SMILES string of the molecule is Cc1nc(C(F)(F)F)ccc1C[C-]=O.[Fm]. The first kappa shape index (κ1) is 12.6. The predicted molar refractivity (Wildman–Crippen MR) is 43.4 cm³/mol. The van der Waals surface area contributed by atoms with Gasteiger partial charge in [-0.15, -0.1) is 6.42 Å². The first-order chi connectivity index (χ1) is 6.45. The van der Waals surface area contributed by atoms with Gasteiger partial charge in [-0.25, -0.2) is 4.98 Å². The van der Waals surface area contributed by atoms with Gasteiger partial charge in [-0.3, -0.25) is 6.29 Å². The van der Waals surface area contributed by atoms with Gasteiger partial charge in [-0.2, -0.15) is 13.2 Å². The first-order valence-electron chi connectivity index (χ1n) is 3.84. The quantitative estimate of drug-likeness (QED) is 0.635. The summed E-state index contributed by atoms with van der Waals surface area (Å²) in [4.78, 5) is 13.4. The van der Waals surface area contributed by atoms with Crippen LogP contribution in [0.3, 0.4) is 0 Å². The van der Waals surface area contributed by atoms with Crippen molar-refractivity contribution in [3.8, 4) is 0 Å². The summed E-state index contributed by atoms with van der Waals surface area (Å²) in [6.07, 6.45) is -2.86. The number of aromatic nitrogens is 1. The van der Waals surface area contributed by atoms with Crippen LogP contribution in [-0.2, 0) is 17.4 Å². The molecular weight excluding hydrogens is 452 g/mol. The number of alkyl halides is 3. The zero-order valence-electron chi connectivity index (χ0n) is 7.64. The fourth-order valence-electron chi connectivity index (χ4n) is 1.01. The van der Waals surface area contributed by atoms with E-state index in [1.54, 1.807) is 6.29 Å². The van der Waals surface area contributed by atoms with E-state index < -0.39 is 11.9 Å². The van der Waals surface area contributed by atoms with Gasteiger partial charge >= 0.3 is 6.18 Å². The predicted octanol–water partition coefficient (Wildman–Crippen LogP) is 2.06. The maximum atomic E-state index is 12.1. The molecule has 1 rings (SSSR count). The van der Waals surface area contributed by atoms with Crippen molar-refractivity contribution < 1.29 is 18.0 Å². The molecule has 0 bridgehead atoms. The van der Waals surface area contributed by atoms with Crippen molar-refractivity contribution in [2.75, 3.05) is 0 Å². The molecule has 1 aromatic rings. The van der Waals surface area contributed by atoms with Gasteiger partial charge in [0, 0.05) is 5.69 Å². The maximum absolute atomic E-state index is 12.1. The molecule has 0 aliphatic rings. The van der Waals surface area contributed by atoms with Crippen LogP contribution in [0.4, 0.5) is 13.2 Å². The number of hydrogen-bond acceptors (Lipinski definition) is 2. The summed E-state index contributed by atoms with van der Waals surface area (Å²) >= 11 is 0. The van der Waals surface area contributed by atoms with Crippen molar-refractivity contribution in [1.82, 2.24) is 4.98 Å². The second-order valence-electron chi connectivity index (χ2n) is 2.76. The Morgan fingerprint density at radius 1 is 1.40 bits per heavy atom. The van der Waals surface area contributed by atoms with Crippen LogP contribution in [0, 0.1) is 6.92 Å². The molecule has 0 aliphatic carbocycles. The van der Waals surface area contributed by atoms with Gasteiger partial charge in [0.2, 0.25) is 0 Å². The molecule has 0 aromatic carbocycles. The van der Waals surface area contributed by atoms with Crippen molar-refractivity contribution >= 4 is 6.29 Å². The maximum Gasteiger partial charge on any atom is 0.433 e. The van der Waals surface area contributed by atoms with Crippen LogP contribution in [0.1, 0.15) is 17.0 Å². The van der Waals surface area contributed by atoms with Crippen molar-refractivity contribution in [1.29, 1.82) is 0 Å². The second kappa shape index (κ2) is 4.21. The Bertz CT molecular complexity index is 352. The number of halogens is 3. The number of hydrogen-bond donors (Lipinski definition) is 0. The molecule has 0 radical (unpaired) electrons. The van der Waals surface area contributed by atoms with Crippen LogP contribution in [0.25, 0.3) is 0 Å². The van der Waals surface area contributed by atoms with Gasteiger partial charge < -0.3 is 4.79 Å². The molecule has 15 heavy (non-hydrogen) atoms. The number of carbonyl (C=O) groups excluding carboxylic acids is 1. The minimum Gasteiger partial charge on any atom is -0.541 e. The molecule has 0 saturated heterocycles. The van der Waals surface area contributed by atoms with Crippen LogP contribution < -0.4 is 0 Å². The summed E-state index contributed by atoms with van der Waals surface area (Å²) in [6.45, 7) is 1.43. The third kappa shape index (κ3) is 2.79. The van der Waals surface area contributed by atoms with E-state index in [1.165, 1.54) is 13.0 Å². The second-order valence-corrected chi connectivity index (χ2v) is 2.76. The largest absolute Gasteiger partial charge is 0.541 e. The fraction of sp³-hybridized carbons (Fsp3) is 0.333. The Morgan fingerprint density at radius 3 is 2.40 bits per heavy atom.